The summed E-state index contributed by atoms with van der Waals surface area (Å²) in [6.07, 6.45) is 1.75. The van der Waals surface area contributed by atoms with Crippen LogP contribution in [0.25, 0.3) is 5.70 Å². The lowest BCUT2D eigenvalue weighted by molar-refractivity contribution is 0.0697. The molecule has 0 atom stereocenters. The van der Waals surface area contributed by atoms with Crippen molar-refractivity contribution in [2.24, 2.45) is 0 Å². The van der Waals surface area contributed by atoms with E-state index in [0.29, 0.717) is 0 Å². The Kier molecular flexibility index (Phi) is 4.47. The second kappa shape index (κ2) is 5.87. The Morgan fingerprint density at radius 1 is 1.31 bits per heavy atom. The smallest absolute Gasteiger partial charge is 0.335 e. The average Bonchev–Trinajstić information content (AvgIpc) is 2.29. The van der Waals surface area contributed by atoms with Gasteiger partial charge >= 0.3 is 5.97 Å². The molecule has 0 saturated heterocycles. The summed E-state index contributed by atoms with van der Waals surface area (Å²) in [5.41, 5.74) is 3.30. The summed E-state index contributed by atoms with van der Waals surface area (Å²) in [6, 6.07) is 6.54. The number of nitrogens with one attached hydrogen (secondary N) is 2. The fourth-order valence-corrected chi connectivity index (χ4v) is 1.34. The van der Waals surface area contributed by atoms with Gasteiger partial charge in [0.25, 0.3) is 0 Å². The Morgan fingerprint density at radius 3 is 2.31 bits per heavy atom. The van der Waals surface area contributed by atoms with Gasteiger partial charge in [-0.1, -0.05) is 24.4 Å². The van der Waals surface area contributed by atoms with Gasteiger partial charge in [0.1, 0.15) is 0 Å². The predicted molar refractivity (Wildman–Crippen MR) is 67.2 cm³/mol. The third-order valence-electron chi connectivity index (χ3n) is 1.95. The number of carbonyl (C=O) groups is 1. The van der Waals surface area contributed by atoms with Crippen molar-refractivity contribution < 1.29 is 9.90 Å². The number of hydrogen-bond acceptors (Lipinski definition) is 3. The Hall–Kier alpha value is -1.88. The first-order valence-electron chi connectivity index (χ1n) is 4.60. The van der Waals surface area contributed by atoms with Crippen molar-refractivity contribution in [3.05, 3.63) is 41.6 Å². The van der Waals surface area contributed by atoms with E-state index in [4.69, 9.17) is 17.3 Å². The zero-order valence-corrected chi connectivity index (χ0v) is 9.54. The quantitative estimate of drug-likeness (QED) is 0.675. The number of carboxylic acid groups (broad SMARTS) is 1. The number of aromatic carboxylic acids is 1. The van der Waals surface area contributed by atoms with Crippen LogP contribution in [0.3, 0.4) is 0 Å². The lowest BCUT2D eigenvalue weighted by atomic mass is 10.1. The van der Waals surface area contributed by atoms with Crippen LogP contribution in [-0.4, -0.2) is 23.6 Å². The Balaban J connectivity index is 2.98. The van der Waals surface area contributed by atoms with E-state index in [0.717, 1.165) is 11.3 Å². The molecule has 0 aromatic heterocycles. The second-order valence-electron chi connectivity index (χ2n) is 2.99. The number of benzene rings is 1. The molecule has 0 bridgehead atoms. The van der Waals surface area contributed by atoms with E-state index in [1.807, 2.05) is 0 Å². The maximum Gasteiger partial charge on any atom is 0.335 e. The zero-order chi connectivity index (χ0) is 12.0. The van der Waals surface area contributed by atoms with Crippen LogP contribution in [0.1, 0.15) is 15.9 Å². The third kappa shape index (κ3) is 3.06. The highest BCUT2D eigenvalue weighted by Crippen LogP contribution is 2.11. The van der Waals surface area contributed by atoms with Crippen molar-refractivity contribution in [3.63, 3.8) is 0 Å². The van der Waals surface area contributed by atoms with Gasteiger partial charge in [0.05, 0.1) is 16.8 Å². The van der Waals surface area contributed by atoms with Crippen molar-refractivity contribution in [1.82, 2.24) is 10.6 Å². The van der Waals surface area contributed by atoms with Crippen LogP contribution in [0.4, 0.5) is 0 Å². The Labute approximate surface area is 99.0 Å². The normalized spacial score (nSPS) is 10.7. The fraction of sp³-hybridized carbons (Fsp3) is 0.0909. The first-order chi connectivity index (χ1) is 7.69. The zero-order valence-electron chi connectivity index (χ0n) is 8.73. The molecule has 1 aromatic carbocycles. The SMILES string of the molecule is CN/C=C(\NC=S)c1ccc(C(=O)O)cc1. The molecule has 0 amide bonds. The van der Waals surface area contributed by atoms with Gasteiger partial charge in [0.15, 0.2) is 0 Å². The predicted octanol–water partition coefficient (Wildman–Crippen LogP) is 1.45. The molecule has 1 aromatic rings. The molecule has 0 unspecified atom stereocenters. The summed E-state index contributed by atoms with van der Waals surface area (Å²) in [4.78, 5) is 10.7. The standard InChI is InChI=1S/C11H12N2O2S/c1-12-6-10(13-7-16)8-2-4-9(5-3-8)11(14)15/h2-7,12H,1H3,(H,13,16)(H,14,15)/b10-6-. The molecule has 0 fully saturated rings. The van der Waals surface area contributed by atoms with E-state index in [2.05, 4.69) is 10.6 Å². The monoisotopic (exact) mass is 236 g/mol. The van der Waals surface area contributed by atoms with Gasteiger partial charge in [0, 0.05) is 13.2 Å². The van der Waals surface area contributed by atoms with Gasteiger partial charge in [-0.25, -0.2) is 4.79 Å². The Morgan fingerprint density at radius 2 is 1.88 bits per heavy atom. The van der Waals surface area contributed by atoms with Crippen LogP contribution in [0.2, 0.25) is 0 Å². The van der Waals surface area contributed by atoms with E-state index in [-0.39, 0.29) is 5.56 Å². The number of carboxylic acids is 1. The highest BCUT2D eigenvalue weighted by atomic mass is 32.1. The number of thiocarbonyl (C=S) groups is 1. The number of hydrogen-bond donors (Lipinski definition) is 3. The van der Waals surface area contributed by atoms with Crippen LogP contribution in [-0.2, 0) is 0 Å². The molecule has 84 valence electrons. The van der Waals surface area contributed by atoms with Crippen LogP contribution >= 0.6 is 12.2 Å². The molecule has 3 N–H and O–H groups in total. The van der Waals surface area contributed by atoms with E-state index in [9.17, 15) is 4.79 Å². The van der Waals surface area contributed by atoms with E-state index < -0.39 is 5.97 Å². The molecule has 0 radical (unpaired) electrons. The van der Waals surface area contributed by atoms with Crippen LogP contribution in [0, 0.1) is 0 Å². The van der Waals surface area contributed by atoms with E-state index in [1.54, 1.807) is 37.5 Å². The molecule has 4 nitrogen and oxygen atoms in total. The summed E-state index contributed by atoms with van der Waals surface area (Å²) in [5, 5.41) is 14.5. The second-order valence-corrected chi connectivity index (χ2v) is 3.23. The van der Waals surface area contributed by atoms with Crippen LogP contribution in [0.5, 0.6) is 0 Å². The van der Waals surface area contributed by atoms with E-state index >= 15 is 0 Å². The fourth-order valence-electron chi connectivity index (χ4n) is 1.21. The molecule has 0 aliphatic carbocycles. The van der Waals surface area contributed by atoms with E-state index in [1.165, 1.54) is 5.49 Å². The molecule has 5 heteroatoms. The highest BCUT2D eigenvalue weighted by molar-refractivity contribution is 7.78. The molecule has 1 rings (SSSR count). The summed E-state index contributed by atoms with van der Waals surface area (Å²) in [7, 11) is 1.77. The maximum atomic E-state index is 10.7. The summed E-state index contributed by atoms with van der Waals surface area (Å²) in [5.74, 6) is -0.937. The lowest BCUT2D eigenvalue weighted by Gasteiger charge is -2.07. The topological polar surface area (TPSA) is 61.4 Å². The average molecular weight is 236 g/mol. The largest absolute Gasteiger partial charge is 0.478 e. The molecule has 0 spiro atoms. The lowest BCUT2D eigenvalue weighted by Crippen LogP contribution is -2.11. The summed E-state index contributed by atoms with van der Waals surface area (Å²) >= 11 is 4.71. The van der Waals surface area contributed by atoms with Crippen LogP contribution < -0.4 is 10.6 Å². The minimum atomic E-state index is -0.937. The molecular formula is C11H12N2O2S. The summed E-state index contributed by atoms with van der Waals surface area (Å²) < 4.78 is 0. The van der Waals surface area contributed by atoms with Crippen molar-refractivity contribution in [2.45, 2.75) is 0 Å². The number of rotatable bonds is 5. The van der Waals surface area contributed by atoms with Gasteiger partial charge in [-0.3, -0.25) is 0 Å². The molecule has 0 heterocycles. The van der Waals surface area contributed by atoms with Gasteiger partial charge in [-0.2, -0.15) is 0 Å². The van der Waals surface area contributed by atoms with Gasteiger partial charge in [-0.15, -0.1) is 0 Å². The maximum absolute atomic E-state index is 10.7. The van der Waals surface area contributed by atoms with Crippen molar-refractivity contribution in [3.8, 4) is 0 Å². The minimum Gasteiger partial charge on any atom is -0.478 e. The highest BCUT2D eigenvalue weighted by Gasteiger charge is 2.03. The molecule has 0 saturated carbocycles. The summed E-state index contributed by atoms with van der Waals surface area (Å²) in [6.45, 7) is 0. The first kappa shape index (κ1) is 12.2. The third-order valence-corrected chi connectivity index (χ3v) is 2.06. The first-order valence-corrected chi connectivity index (χ1v) is 5.07. The molecule has 0 aliphatic rings. The van der Waals surface area contributed by atoms with Gasteiger partial charge in [0.2, 0.25) is 0 Å². The van der Waals surface area contributed by atoms with Crippen molar-refractivity contribution >= 4 is 29.4 Å². The Bertz CT molecular complexity index is 412. The van der Waals surface area contributed by atoms with Gasteiger partial charge in [-0.05, 0) is 17.7 Å². The van der Waals surface area contributed by atoms with Gasteiger partial charge < -0.3 is 15.7 Å². The van der Waals surface area contributed by atoms with Crippen LogP contribution in [0.15, 0.2) is 30.5 Å². The molecule has 0 aliphatic heterocycles. The molecular weight excluding hydrogens is 224 g/mol. The van der Waals surface area contributed by atoms with Crippen molar-refractivity contribution in [2.75, 3.05) is 7.05 Å². The molecule has 16 heavy (non-hydrogen) atoms. The van der Waals surface area contributed by atoms with Crippen molar-refractivity contribution in [1.29, 1.82) is 0 Å². The minimum absolute atomic E-state index is 0.259.